The lowest BCUT2D eigenvalue weighted by Crippen LogP contribution is -2.23. The van der Waals surface area contributed by atoms with Gasteiger partial charge in [-0.3, -0.25) is 4.79 Å². The Kier molecular flexibility index (Phi) is 5.46. The number of halogens is 2. The van der Waals surface area contributed by atoms with E-state index in [1.165, 1.54) is 15.9 Å². The standard InChI is InChI=1S/C23H15Cl2N3O3S/c1-13-4-2-3-5-18(13)30-12-21-26-23-28(27-21)22(29)20(32-23)11-17-6-7-19(31-17)14-8-15(24)10-16(25)9-14/h2-11H,12H2,1H3/b20-11-. The highest BCUT2D eigenvalue weighted by Gasteiger charge is 2.12. The summed E-state index contributed by atoms with van der Waals surface area (Å²) in [6, 6.07) is 16.5. The predicted molar refractivity (Wildman–Crippen MR) is 126 cm³/mol. The van der Waals surface area contributed by atoms with Crippen molar-refractivity contribution >= 4 is 45.6 Å². The summed E-state index contributed by atoms with van der Waals surface area (Å²) in [5.41, 5.74) is 1.52. The van der Waals surface area contributed by atoms with Crippen LogP contribution in [-0.2, 0) is 6.61 Å². The average molecular weight is 484 g/mol. The zero-order valence-electron chi connectivity index (χ0n) is 16.7. The smallest absolute Gasteiger partial charge is 0.291 e. The van der Waals surface area contributed by atoms with E-state index in [9.17, 15) is 4.79 Å². The molecule has 32 heavy (non-hydrogen) atoms. The summed E-state index contributed by atoms with van der Waals surface area (Å²) in [7, 11) is 0. The van der Waals surface area contributed by atoms with Gasteiger partial charge in [0.15, 0.2) is 5.82 Å². The van der Waals surface area contributed by atoms with Crippen LogP contribution in [0, 0.1) is 6.92 Å². The van der Waals surface area contributed by atoms with Crippen LogP contribution in [0.4, 0.5) is 0 Å². The molecule has 5 aromatic rings. The molecular formula is C23H15Cl2N3O3S. The highest BCUT2D eigenvalue weighted by Crippen LogP contribution is 2.28. The van der Waals surface area contributed by atoms with Gasteiger partial charge in [-0.05, 0) is 48.9 Å². The van der Waals surface area contributed by atoms with E-state index in [1.54, 1.807) is 36.4 Å². The third kappa shape index (κ3) is 4.14. The monoisotopic (exact) mass is 483 g/mol. The second kappa shape index (κ2) is 8.43. The van der Waals surface area contributed by atoms with Crippen LogP contribution in [0.5, 0.6) is 5.75 Å². The first-order valence-electron chi connectivity index (χ1n) is 9.61. The number of fused-ring (bicyclic) bond motifs is 1. The topological polar surface area (TPSA) is 69.6 Å². The lowest BCUT2D eigenvalue weighted by molar-refractivity contribution is 0.294. The SMILES string of the molecule is Cc1ccccc1OCc1nc2s/c(=C\c3ccc(-c4cc(Cl)cc(Cl)c4)o3)c(=O)n2n1. The normalized spacial score (nSPS) is 12.0. The quantitative estimate of drug-likeness (QED) is 0.345. The third-order valence-corrected chi connectivity index (χ3v) is 6.12. The Labute approximate surface area is 196 Å². The van der Waals surface area contributed by atoms with Crippen molar-refractivity contribution in [2.24, 2.45) is 0 Å². The van der Waals surface area contributed by atoms with E-state index >= 15 is 0 Å². The molecule has 0 amide bonds. The molecule has 6 nitrogen and oxygen atoms in total. The number of aromatic nitrogens is 3. The lowest BCUT2D eigenvalue weighted by Gasteiger charge is -2.05. The van der Waals surface area contributed by atoms with E-state index in [-0.39, 0.29) is 12.2 Å². The van der Waals surface area contributed by atoms with Gasteiger partial charge in [-0.15, -0.1) is 5.10 Å². The van der Waals surface area contributed by atoms with Gasteiger partial charge in [-0.1, -0.05) is 52.7 Å². The van der Waals surface area contributed by atoms with Crippen LogP contribution >= 0.6 is 34.5 Å². The van der Waals surface area contributed by atoms with Gasteiger partial charge in [0.2, 0.25) is 4.96 Å². The van der Waals surface area contributed by atoms with Crippen molar-refractivity contribution in [2.45, 2.75) is 13.5 Å². The van der Waals surface area contributed by atoms with Crippen LogP contribution in [0.2, 0.25) is 10.0 Å². The Bertz CT molecular complexity index is 1530. The Morgan fingerprint density at radius 1 is 1.12 bits per heavy atom. The van der Waals surface area contributed by atoms with Gasteiger partial charge in [-0.25, -0.2) is 0 Å². The molecule has 0 aliphatic heterocycles. The van der Waals surface area contributed by atoms with Gasteiger partial charge in [0.25, 0.3) is 5.56 Å². The largest absolute Gasteiger partial charge is 0.485 e. The molecular weight excluding hydrogens is 469 g/mol. The molecule has 0 aliphatic carbocycles. The number of hydrogen-bond donors (Lipinski definition) is 0. The molecule has 0 bridgehead atoms. The van der Waals surface area contributed by atoms with E-state index in [2.05, 4.69) is 10.1 Å². The molecule has 2 aromatic carbocycles. The summed E-state index contributed by atoms with van der Waals surface area (Å²) in [5.74, 6) is 2.34. The third-order valence-electron chi connectivity index (χ3n) is 4.72. The van der Waals surface area contributed by atoms with Crippen LogP contribution < -0.4 is 14.8 Å². The first kappa shape index (κ1) is 20.8. The Morgan fingerprint density at radius 3 is 2.66 bits per heavy atom. The fraction of sp³-hybridized carbons (Fsp3) is 0.0870. The molecule has 0 aliphatic rings. The van der Waals surface area contributed by atoms with Crippen molar-refractivity contribution in [3.05, 3.63) is 96.7 Å². The summed E-state index contributed by atoms with van der Waals surface area (Å²) < 4.78 is 13.4. The van der Waals surface area contributed by atoms with Crippen LogP contribution in [0.15, 0.2) is 63.8 Å². The molecule has 0 radical (unpaired) electrons. The second-order valence-electron chi connectivity index (χ2n) is 7.05. The minimum atomic E-state index is -0.261. The van der Waals surface area contributed by atoms with E-state index in [4.69, 9.17) is 32.4 Å². The van der Waals surface area contributed by atoms with E-state index in [1.807, 2.05) is 31.2 Å². The number of nitrogens with zero attached hydrogens (tertiary/aromatic N) is 3. The Balaban J connectivity index is 1.40. The minimum Gasteiger partial charge on any atom is -0.485 e. The summed E-state index contributed by atoms with van der Waals surface area (Å²) in [5, 5.41) is 5.33. The second-order valence-corrected chi connectivity index (χ2v) is 8.93. The van der Waals surface area contributed by atoms with Gasteiger partial charge in [0, 0.05) is 21.7 Å². The van der Waals surface area contributed by atoms with Gasteiger partial charge < -0.3 is 9.15 Å². The van der Waals surface area contributed by atoms with E-state index in [0.717, 1.165) is 16.9 Å². The Morgan fingerprint density at radius 2 is 1.91 bits per heavy atom. The number of rotatable bonds is 5. The molecule has 0 N–H and O–H groups in total. The predicted octanol–water partition coefficient (Wildman–Crippen LogP) is 5.15. The first-order chi connectivity index (χ1) is 15.5. The lowest BCUT2D eigenvalue weighted by atomic mass is 10.2. The average Bonchev–Trinajstić information content (AvgIpc) is 3.44. The number of furan rings is 1. The van der Waals surface area contributed by atoms with Gasteiger partial charge in [0.1, 0.15) is 28.4 Å². The minimum absolute atomic E-state index is 0.182. The molecule has 3 heterocycles. The zero-order valence-corrected chi connectivity index (χ0v) is 19.0. The number of ether oxygens (including phenoxy) is 1. The van der Waals surface area contributed by atoms with E-state index < -0.39 is 0 Å². The maximum Gasteiger partial charge on any atom is 0.291 e. The van der Waals surface area contributed by atoms with Gasteiger partial charge in [0.05, 0.1) is 0 Å². The van der Waals surface area contributed by atoms with Crippen molar-refractivity contribution in [2.75, 3.05) is 0 Å². The van der Waals surface area contributed by atoms with Crippen molar-refractivity contribution in [3.63, 3.8) is 0 Å². The highest BCUT2D eigenvalue weighted by atomic mass is 35.5. The molecule has 3 aromatic heterocycles. The van der Waals surface area contributed by atoms with E-state index in [0.29, 0.717) is 36.9 Å². The molecule has 0 saturated heterocycles. The number of thiazole rings is 1. The molecule has 0 unspecified atom stereocenters. The van der Waals surface area contributed by atoms with Crippen molar-refractivity contribution in [1.29, 1.82) is 0 Å². The van der Waals surface area contributed by atoms with Gasteiger partial charge in [-0.2, -0.15) is 9.50 Å². The molecule has 9 heteroatoms. The van der Waals surface area contributed by atoms with Crippen molar-refractivity contribution in [3.8, 4) is 17.1 Å². The molecule has 0 atom stereocenters. The zero-order chi connectivity index (χ0) is 22.2. The summed E-state index contributed by atoms with van der Waals surface area (Å²) in [4.78, 5) is 17.7. The van der Waals surface area contributed by atoms with Crippen LogP contribution in [0.3, 0.4) is 0 Å². The maximum absolute atomic E-state index is 12.8. The maximum atomic E-state index is 12.8. The number of benzene rings is 2. The molecule has 0 spiro atoms. The van der Waals surface area contributed by atoms with Crippen LogP contribution in [0.25, 0.3) is 22.4 Å². The molecule has 0 fully saturated rings. The summed E-state index contributed by atoms with van der Waals surface area (Å²) in [6.45, 7) is 2.15. The Hall–Kier alpha value is -3.13. The summed E-state index contributed by atoms with van der Waals surface area (Å²) in [6.07, 6.45) is 1.67. The van der Waals surface area contributed by atoms with Crippen molar-refractivity contribution in [1.82, 2.24) is 14.6 Å². The highest BCUT2D eigenvalue weighted by molar-refractivity contribution is 7.15. The fourth-order valence-electron chi connectivity index (χ4n) is 3.21. The van der Waals surface area contributed by atoms with Gasteiger partial charge >= 0.3 is 0 Å². The first-order valence-corrected chi connectivity index (χ1v) is 11.2. The summed E-state index contributed by atoms with van der Waals surface area (Å²) >= 11 is 13.4. The number of para-hydroxylation sites is 1. The van der Waals surface area contributed by atoms with Crippen LogP contribution in [0.1, 0.15) is 17.1 Å². The number of hydrogen-bond acceptors (Lipinski definition) is 6. The molecule has 0 saturated carbocycles. The number of aryl methyl sites for hydroxylation is 1. The molecule has 5 rings (SSSR count). The van der Waals surface area contributed by atoms with Crippen LogP contribution in [-0.4, -0.2) is 14.6 Å². The van der Waals surface area contributed by atoms with Crippen molar-refractivity contribution < 1.29 is 9.15 Å². The fourth-order valence-corrected chi connectivity index (χ4v) is 4.64. The molecule has 160 valence electrons.